The van der Waals surface area contributed by atoms with Gasteiger partial charge in [-0.2, -0.15) is 5.10 Å². The third-order valence-electron chi connectivity index (χ3n) is 5.29. The minimum absolute atomic E-state index is 0.0817. The van der Waals surface area contributed by atoms with Crippen LogP contribution >= 0.6 is 0 Å². The van der Waals surface area contributed by atoms with E-state index in [0.29, 0.717) is 34.5 Å². The quantitative estimate of drug-likeness (QED) is 0.353. The van der Waals surface area contributed by atoms with Crippen molar-refractivity contribution in [3.8, 4) is 17.0 Å². The molecule has 9 nitrogen and oxygen atoms in total. The highest BCUT2D eigenvalue weighted by molar-refractivity contribution is 6.13. The highest BCUT2D eigenvalue weighted by Crippen LogP contribution is 2.31. The Hall–Kier alpha value is -4.27. The summed E-state index contributed by atoms with van der Waals surface area (Å²) < 4.78 is 6.91. The van der Waals surface area contributed by atoms with Gasteiger partial charge in [-0.25, -0.2) is 4.98 Å². The van der Waals surface area contributed by atoms with Gasteiger partial charge in [0, 0.05) is 23.2 Å². The number of anilines is 1. The number of aryl methyl sites for hydroxylation is 1. The Kier molecular flexibility index (Phi) is 5.55. The van der Waals surface area contributed by atoms with Crippen molar-refractivity contribution in [2.45, 2.75) is 20.4 Å². The van der Waals surface area contributed by atoms with Crippen LogP contribution in [0, 0.1) is 17.0 Å². The lowest BCUT2D eigenvalue weighted by Gasteiger charge is -2.11. The minimum Gasteiger partial charge on any atom is -0.496 e. The molecule has 0 atom stereocenters. The normalized spacial score (nSPS) is 10.8. The number of nitro benzene ring substituents is 1. The lowest BCUT2D eigenvalue weighted by atomic mass is 10.0. The van der Waals surface area contributed by atoms with Gasteiger partial charge in [-0.1, -0.05) is 18.2 Å². The summed E-state index contributed by atoms with van der Waals surface area (Å²) in [4.78, 5) is 28.9. The number of nitrogens with one attached hydrogen (secondary N) is 1. The Morgan fingerprint density at radius 1 is 1.22 bits per heavy atom. The topological polar surface area (TPSA) is 112 Å². The third kappa shape index (κ3) is 3.76. The van der Waals surface area contributed by atoms with Gasteiger partial charge in [0.1, 0.15) is 11.4 Å². The maximum atomic E-state index is 13.3. The molecule has 1 N–H and O–H groups in total. The number of aromatic nitrogens is 3. The zero-order valence-electron chi connectivity index (χ0n) is 17.8. The Balaban J connectivity index is 1.81. The van der Waals surface area contributed by atoms with Crippen LogP contribution in [0.3, 0.4) is 0 Å². The number of benzene rings is 2. The second-order valence-electron chi connectivity index (χ2n) is 7.13. The lowest BCUT2D eigenvalue weighted by molar-refractivity contribution is -0.384. The van der Waals surface area contributed by atoms with Crippen molar-refractivity contribution in [2.75, 3.05) is 12.4 Å². The number of ether oxygens (including phenoxy) is 1. The van der Waals surface area contributed by atoms with Crippen LogP contribution < -0.4 is 10.1 Å². The van der Waals surface area contributed by atoms with E-state index < -0.39 is 10.8 Å². The molecule has 4 rings (SSSR count). The van der Waals surface area contributed by atoms with Crippen LogP contribution in [0.15, 0.2) is 54.7 Å². The third-order valence-corrected chi connectivity index (χ3v) is 5.29. The summed E-state index contributed by atoms with van der Waals surface area (Å²) in [6, 6.07) is 13.3. The average molecular weight is 431 g/mol. The number of nitro groups is 1. The van der Waals surface area contributed by atoms with Crippen LogP contribution in [0.5, 0.6) is 5.75 Å². The fraction of sp³-hybridized carbons (Fsp3) is 0.174. The molecule has 0 saturated heterocycles. The molecule has 0 spiro atoms. The first-order chi connectivity index (χ1) is 15.4. The first-order valence-electron chi connectivity index (χ1n) is 9.99. The van der Waals surface area contributed by atoms with E-state index in [4.69, 9.17) is 9.72 Å². The number of amides is 1. The smallest absolute Gasteiger partial charge is 0.296 e. The van der Waals surface area contributed by atoms with Crippen LogP contribution in [0.1, 0.15) is 23.0 Å². The van der Waals surface area contributed by atoms with E-state index in [0.717, 1.165) is 11.3 Å². The molecular formula is C23H21N5O4. The van der Waals surface area contributed by atoms with Crippen LogP contribution in [0.4, 0.5) is 11.4 Å². The summed E-state index contributed by atoms with van der Waals surface area (Å²) in [6.07, 6.45) is 1.73. The van der Waals surface area contributed by atoms with E-state index in [1.165, 1.54) is 19.2 Å². The molecule has 0 aliphatic rings. The van der Waals surface area contributed by atoms with Crippen LogP contribution in [0.2, 0.25) is 0 Å². The Labute approximate surface area is 183 Å². The molecular weight excluding hydrogens is 410 g/mol. The van der Waals surface area contributed by atoms with Crippen LogP contribution in [-0.2, 0) is 6.54 Å². The van der Waals surface area contributed by atoms with Gasteiger partial charge in [-0.15, -0.1) is 0 Å². The fourth-order valence-corrected chi connectivity index (χ4v) is 3.60. The van der Waals surface area contributed by atoms with Gasteiger partial charge in [0.25, 0.3) is 11.6 Å². The van der Waals surface area contributed by atoms with E-state index in [2.05, 4.69) is 10.4 Å². The predicted molar refractivity (Wildman–Crippen MR) is 121 cm³/mol. The summed E-state index contributed by atoms with van der Waals surface area (Å²) in [5, 5.41) is 19.2. The first kappa shape index (κ1) is 21.0. The van der Waals surface area contributed by atoms with Gasteiger partial charge >= 0.3 is 0 Å². The van der Waals surface area contributed by atoms with Crippen LogP contribution in [-0.4, -0.2) is 32.7 Å². The lowest BCUT2D eigenvalue weighted by Crippen LogP contribution is -2.14. The van der Waals surface area contributed by atoms with Crippen molar-refractivity contribution >= 4 is 28.2 Å². The number of carbonyl (C=O) groups is 1. The molecule has 9 heteroatoms. The molecule has 2 heterocycles. The molecule has 0 fully saturated rings. The number of methoxy groups -OCH3 is 1. The molecule has 0 bridgehead atoms. The standard InChI is InChI=1S/C23H21N5O4/c1-4-27-14(2)18(13-24-27)21-12-17(16-7-5-6-8-19(16)25-21)23(29)26-20-10-9-15(32-3)11-22(20)28(30)31/h5-13H,4H2,1-3H3,(H,26,29). The monoisotopic (exact) mass is 431 g/mol. The van der Waals surface area contributed by atoms with E-state index in [-0.39, 0.29) is 11.4 Å². The summed E-state index contributed by atoms with van der Waals surface area (Å²) >= 11 is 0. The molecule has 32 heavy (non-hydrogen) atoms. The second-order valence-corrected chi connectivity index (χ2v) is 7.13. The molecule has 0 saturated carbocycles. The van der Waals surface area contributed by atoms with Gasteiger partial charge in [0.05, 0.1) is 41.1 Å². The summed E-state index contributed by atoms with van der Waals surface area (Å²) in [5.41, 5.74) is 3.20. The molecule has 1 amide bonds. The minimum atomic E-state index is -0.559. The van der Waals surface area contributed by atoms with E-state index in [1.807, 2.05) is 36.7 Å². The highest BCUT2D eigenvalue weighted by Gasteiger charge is 2.21. The molecule has 162 valence electrons. The van der Waals surface area contributed by atoms with Crippen molar-refractivity contribution in [1.29, 1.82) is 0 Å². The molecule has 0 radical (unpaired) electrons. The first-order valence-corrected chi connectivity index (χ1v) is 9.99. The second kappa shape index (κ2) is 8.46. The maximum Gasteiger partial charge on any atom is 0.296 e. The van der Waals surface area contributed by atoms with Crippen molar-refractivity contribution in [1.82, 2.24) is 14.8 Å². The van der Waals surface area contributed by atoms with E-state index >= 15 is 0 Å². The molecule has 0 unspecified atom stereocenters. The number of pyridine rings is 1. The summed E-state index contributed by atoms with van der Waals surface area (Å²) in [5.74, 6) is -0.145. The average Bonchev–Trinajstić information content (AvgIpc) is 3.18. The summed E-state index contributed by atoms with van der Waals surface area (Å²) in [6.45, 7) is 4.66. The van der Waals surface area contributed by atoms with E-state index in [1.54, 1.807) is 24.4 Å². The molecule has 4 aromatic rings. The molecule has 2 aromatic heterocycles. The maximum absolute atomic E-state index is 13.3. The number of hydrogen-bond donors (Lipinski definition) is 1. The predicted octanol–water partition coefficient (Wildman–Crippen LogP) is 4.60. The number of nitrogens with zero attached hydrogens (tertiary/aromatic N) is 4. The Bertz CT molecular complexity index is 1350. The zero-order chi connectivity index (χ0) is 22.8. The number of carbonyl (C=O) groups excluding carboxylic acids is 1. The van der Waals surface area contributed by atoms with Crippen molar-refractivity contribution in [2.24, 2.45) is 0 Å². The van der Waals surface area contributed by atoms with E-state index in [9.17, 15) is 14.9 Å². The summed E-state index contributed by atoms with van der Waals surface area (Å²) in [7, 11) is 1.42. The molecule has 0 aliphatic heterocycles. The highest BCUT2D eigenvalue weighted by atomic mass is 16.6. The van der Waals surface area contributed by atoms with Crippen LogP contribution in [0.25, 0.3) is 22.2 Å². The molecule has 0 aliphatic carbocycles. The number of fused-ring (bicyclic) bond motifs is 1. The van der Waals surface area contributed by atoms with Gasteiger partial charge < -0.3 is 10.1 Å². The number of para-hydroxylation sites is 1. The van der Waals surface area contributed by atoms with Gasteiger partial charge in [0.2, 0.25) is 0 Å². The van der Waals surface area contributed by atoms with Crippen molar-refractivity contribution < 1.29 is 14.5 Å². The zero-order valence-corrected chi connectivity index (χ0v) is 17.8. The van der Waals surface area contributed by atoms with Gasteiger partial charge in [-0.3, -0.25) is 19.6 Å². The van der Waals surface area contributed by atoms with Gasteiger partial charge in [-0.05, 0) is 38.1 Å². The SMILES string of the molecule is CCn1ncc(-c2cc(C(=O)Nc3ccc(OC)cc3[N+](=O)[O-])c3ccccc3n2)c1C. The van der Waals surface area contributed by atoms with Gasteiger partial charge in [0.15, 0.2) is 0 Å². The Morgan fingerprint density at radius 3 is 2.69 bits per heavy atom. The van der Waals surface area contributed by atoms with Crippen molar-refractivity contribution in [3.05, 3.63) is 76.1 Å². The fourth-order valence-electron chi connectivity index (χ4n) is 3.60. The number of hydrogen-bond acceptors (Lipinski definition) is 6. The number of rotatable bonds is 6. The van der Waals surface area contributed by atoms with Crippen molar-refractivity contribution in [3.63, 3.8) is 0 Å². The molecule has 2 aromatic carbocycles. The largest absolute Gasteiger partial charge is 0.496 e. The Morgan fingerprint density at radius 2 is 2.00 bits per heavy atom.